The molecule has 0 aromatic heterocycles. The molecule has 1 aromatic rings. The van der Waals surface area contributed by atoms with Gasteiger partial charge in [0.25, 0.3) is 0 Å². The van der Waals surface area contributed by atoms with Gasteiger partial charge in [-0.3, -0.25) is 4.79 Å². The quantitative estimate of drug-likeness (QED) is 0.713. The number of nitrogens with two attached hydrogens (primary N) is 1. The van der Waals surface area contributed by atoms with Gasteiger partial charge in [-0.2, -0.15) is 0 Å². The topological polar surface area (TPSA) is 64.4 Å². The fraction of sp³-hybridized carbons (Fsp3) is 0.500. The second kappa shape index (κ2) is 6.52. The van der Waals surface area contributed by atoms with Gasteiger partial charge in [0.2, 0.25) is 5.91 Å². The van der Waals surface area contributed by atoms with Gasteiger partial charge < -0.3 is 15.8 Å². The molecule has 1 amide bonds. The maximum atomic E-state index is 11.8. The molecule has 4 nitrogen and oxygen atoms in total. The van der Waals surface area contributed by atoms with Crippen LogP contribution in [0, 0.1) is 5.92 Å². The number of carbonyl (C=O) groups is 1. The zero-order valence-electron chi connectivity index (χ0n) is 10.5. The van der Waals surface area contributed by atoms with Crippen LogP contribution in [0.5, 0.6) is 0 Å². The molecule has 2 rings (SSSR count). The molecule has 4 heteroatoms. The first kappa shape index (κ1) is 13.1. The summed E-state index contributed by atoms with van der Waals surface area (Å²) in [6.45, 7) is 1.90. The van der Waals surface area contributed by atoms with E-state index in [1.54, 1.807) is 0 Å². The molecule has 0 radical (unpaired) electrons. The normalized spacial score (nSPS) is 16.3. The van der Waals surface area contributed by atoms with E-state index in [0.717, 1.165) is 18.1 Å². The number of carbonyl (C=O) groups excluding carboxylic acids is 1. The zero-order valence-corrected chi connectivity index (χ0v) is 10.5. The summed E-state index contributed by atoms with van der Waals surface area (Å²) in [4.78, 5) is 11.8. The van der Waals surface area contributed by atoms with Crippen LogP contribution in [0.4, 0.5) is 0 Å². The van der Waals surface area contributed by atoms with Crippen LogP contribution in [-0.4, -0.2) is 25.7 Å². The van der Waals surface area contributed by atoms with Crippen LogP contribution < -0.4 is 11.1 Å². The number of nitrogens with one attached hydrogen (secondary N) is 1. The second-order valence-electron chi connectivity index (χ2n) is 4.70. The van der Waals surface area contributed by atoms with Gasteiger partial charge in [-0.25, -0.2) is 0 Å². The molecule has 1 fully saturated rings. The number of ether oxygens (including phenoxy) is 1. The highest BCUT2D eigenvalue weighted by atomic mass is 16.5. The SMILES string of the molecule is NC(C(=O)NCCOCC1CC1)c1ccccc1. The van der Waals surface area contributed by atoms with Gasteiger partial charge in [-0.15, -0.1) is 0 Å². The zero-order chi connectivity index (χ0) is 12.8. The highest BCUT2D eigenvalue weighted by Gasteiger charge is 2.21. The smallest absolute Gasteiger partial charge is 0.241 e. The van der Waals surface area contributed by atoms with Crippen molar-refractivity contribution in [3.8, 4) is 0 Å². The third-order valence-corrected chi connectivity index (χ3v) is 3.04. The van der Waals surface area contributed by atoms with Crippen molar-refractivity contribution in [1.29, 1.82) is 0 Å². The summed E-state index contributed by atoms with van der Waals surface area (Å²) in [5.41, 5.74) is 6.69. The highest BCUT2D eigenvalue weighted by molar-refractivity contribution is 5.82. The Kier molecular flexibility index (Phi) is 4.73. The summed E-state index contributed by atoms with van der Waals surface area (Å²) < 4.78 is 5.44. The van der Waals surface area contributed by atoms with Gasteiger partial charge in [0.1, 0.15) is 6.04 Å². The molecule has 1 atom stereocenters. The molecule has 18 heavy (non-hydrogen) atoms. The van der Waals surface area contributed by atoms with Gasteiger partial charge in [-0.1, -0.05) is 30.3 Å². The first-order valence-corrected chi connectivity index (χ1v) is 6.43. The summed E-state index contributed by atoms with van der Waals surface area (Å²) in [7, 11) is 0. The number of hydrogen-bond acceptors (Lipinski definition) is 3. The Morgan fingerprint density at radius 3 is 2.78 bits per heavy atom. The lowest BCUT2D eigenvalue weighted by molar-refractivity contribution is -0.122. The molecule has 0 heterocycles. The average molecular weight is 248 g/mol. The lowest BCUT2D eigenvalue weighted by Gasteiger charge is -2.12. The van der Waals surface area contributed by atoms with E-state index < -0.39 is 6.04 Å². The van der Waals surface area contributed by atoms with E-state index in [4.69, 9.17) is 10.5 Å². The number of hydrogen-bond donors (Lipinski definition) is 2. The van der Waals surface area contributed by atoms with Gasteiger partial charge in [0.15, 0.2) is 0 Å². The van der Waals surface area contributed by atoms with Crippen molar-refractivity contribution in [3.63, 3.8) is 0 Å². The van der Waals surface area contributed by atoms with E-state index in [0.29, 0.717) is 13.2 Å². The van der Waals surface area contributed by atoms with Gasteiger partial charge in [-0.05, 0) is 24.3 Å². The number of rotatable bonds is 7. The maximum absolute atomic E-state index is 11.8. The predicted octanol–water partition coefficient (Wildman–Crippen LogP) is 1.23. The predicted molar refractivity (Wildman–Crippen MR) is 69.9 cm³/mol. The van der Waals surface area contributed by atoms with Crippen molar-refractivity contribution in [1.82, 2.24) is 5.32 Å². The summed E-state index contributed by atoms with van der Waals surface area (Å²) in [6.07, 6.45) is 2.57. The summed E-state index contributed by atoms with van der Waals surface area (Å²) in [5.74, 6) is 0.600. The molecule has 1 aliphatic rings. The highest BCUT2D eigenvalue weighted by Crippen LogP contribution is 2.28. The van der Waals surface area contributed by atoms with Crippen molar-refractivity contribution >= 4 is 5.91 Å². The van der Waals surface area contributed by atoms with Crippen molar-refractivity contribution in [2.75, 3.05) is 19.8 Å². The molecule has 3 N–H and O–H groups in total. The summed E-state index contributed by atoms with van der Waals surface area (Å²) in [5, 5.41) is 2.79. The third-order valence-electron chi connectivity index (χ3n) is 3.04. The summed E-state index contributed by atoms with van der Waals surface area (Å²) >= 11 is 0. The van der Waals surface area contributed by atoms with E-state index in [-0.39, 0.29) is 5.91 Å². The molecule has 1 aliphatic carbocycles. The largest absolute Gasteiger partial charge is 0.379 e. The van der Waals surface area contributed by atoms with Gasteiger partial charge in [0.05, 0.1) is 6.61 Å². The van der Waals surface area contributed by atoms with Crippen LogP contribution in [-0.2, 0) is 9.53 Å². The molecule has 0 aliphatic heterocycles. The molecule has 0 saturated heterocycles. The van der Waals surface area contributed by atoms with Crippen LogP contribution in [0.1, 0.15) is 24.4 Å². The lowest BCUT2D eigenvalue weighted by atomic mass is 10.1. The Morgan fingerprint density at radius 2 is 2.11 bits per heavy atom. The average Bonchev–Trinajstić information content (AvgIpc) is 3.22. The summed E-state index contributed by atoms with van der Waals surface area (Å²) in [6, 6.07) is 8.76. The first-order valence-electron chi connectivity index (χ1n) is 6.43. The van der Waals surface area contributed by atoms with Crippen LogP contribution in [0.15, 0.2) is 30.3 Å². The second-order valence-corrected chi connectivity index (χ2v) is 4.70. The van der Waals surface area contributed by atoms with Crippen LogP contribution in [0.3, 0.4) is 0 Å². The Balaban J connectivity index is 1.64. The van der Waals surface area contributed by atoms with Crippen molar-refractivity contribution in [3.05, 3.63) is 35.9 Å². The minimum Gasteiger partial charge on any atom is -0.379 e. The fourth-order valence-electron chi connectivity index (χ4n) is 1.70. The van der Waals surface area contributed by atoms with Gasteiger partial charge >= 0.3 is 0 Å². The van der Waals surface area contributed by atoms with E-state index in [1.165, 1.54) is 12.8 Å². The Morgan fingerprint density at radius 1 is 1.39 bits per heavy atom. The third kappa shape index (κ3) is 4.13. The van der Waals surface area contributed by atoms with E-state index in [2.05, 4.69) is 5.32 Å². The van der Waals surface area contributed by atoms with Crippen molar-refractivity contribution in [2.24, 2.45) is 11.7 Å². The molecule has 0 spiro atoms. The molecule has 0 bridgehead atoms. The fourth-order valence-corrected chi connectivity index (χ4v) is 1.70. The first-order chi connectivity index (χ1) is 8.77. The monoisotopic (exact) mass is 248 g/mol. The molecule has 98 valence electrons. The molecule has 1 saturated carbocycles. The molecular weight excluding hydrogens is 228 g/mol. The lowest BCUT2D eigenvalue weighted by Crippen LogP contribution is -2.36. The van der Waals surface area contributed by atoms with Crippen LogP contribution in [0.2, 0.25) is 0 Å². The minimum absolute atomic E-state index is 0.156. The van der Waals surface area contributed by atoms with Crippen LogP contribution >= 0.6 is 0 Å². The minimum atomic E-state index is -0.602. The van der Waals surface area contributed by atoms with E-state index in [9.17, 15) is 4.79 Å². The Labute approximate surface area is 108 Å². The van der Waals surface area contributed by atoms with Crippen molar-refractivity contribution in [2.45, 2.75) is 18.9 Å². The Hall–Kier alpha value is -1.39. The van der Waals surface area contributed by atoms with E-state index in [1.807, 2.05) is 30.3 Å². The molecular formula is C14H20N2O2. The maximum Gasteiger partial charge on any atom is 0.241 e. The molecule has 1 aromatic carbocycles. The molecule has 1 unspecified atom stereocenters. The van der Waals surface area contributed by atoms with Crippen LogP contribution in [0.25, 0.3) is 0 Å². The van der Waals surface area contributed by atoms with Gasteiger partial charge in [0, 0.05) is 13.2 Å². The van der Waals surface area contributed by atoms with E-state index >= 15 is 0 Å². The number of benzene rings is 1. The standard InChI is InChI=1S/C14H20N2O2/c15-13(12-4-2-1-3-5-12)14(17)16-8-9-18-10-11-6-7-11/h1-5,11,13H,6-10,15H2,(H,16,17). The Bertz CT molecular complexity index is 377. The van der Waals surface area contributed by atoms with Crippen molar-refractivity contribution < 1.29 is 9.53 Å². The number of amides is 1.